The fourth-order valence-electron chi connectivity index (χ4n) is 5.77. The van der Waals surface area contributed by atoms with E-state index in [1.165, 1.54) is 186 Å². The van der Waals surface area contributed by atoms with Crippen molar-refractivity contribution in [2.75, 3.05) is 0 Å². The molecule has 0 heterocycles. The third-order valence-electron chi connectivity index (χ3n) is 8.49. The van der Waals surface area contributed by atoms with E-state index in [0.717, 1.165) is 11.8 Å². The summed E-state index contributed by atoms with van der Waals surface area (Å²) in [6, 6.07) is 0. The van der Waals surface area contributed by atoms with E-state index in [1.807, 2.05) is 0 Å². The minimum atomic E-state index is 0.966. The van der Waals surface area contributed by atoms with Crippen LogP contribution in [0.2, 0.25) is 0 Å². The van der Waals surface area contributed by atoms with Crippen molar-refractivity contribution in [3.05, 3.63) is 0 Å². The molecule has 0 aromatic rings. The summed E-state index contributed by atoms with van der Waals surface area (Å²) in [7, 11) is 0. The van der Waals surface area contributed by atoms with Crippen LogP contribution in [0.25, 0.3) is 0 Å². The van der Waals surface area contributed by atoms with E-state index in [0.29, 0.717) is 0 Å². The van der Waals surface area contributed by atoms with E-state index in [-0.39, 0.29) is 0 Å². The maximum atomic E-state index is 2.50. The van der Waals surface area contributed by atoms with Crippen molar-refractivity contribution in [1.29, 1.82) is 0 Å². The highest BCUT2D eigenvalue weighted by atomic mass is 14.1. The van der Waals surface area contributed by atoms with Gasteiger partial charge in [0.25, 0.3) is 0 Å². The van der Waals surface area contributed by atoms with Gasteiger partial charge in [0.1, 0.15) is 0 Å². The Labute approximate surface area is 225 Å². The Morgan fingerprint density at radius 2 is 0.429 bits per heavy atom. The average Bonchev–Trinajstić information content (AvgIpc) is 2.85. The molecule has 2 atom stereocenters. The lowest BCUT2D eigenvalue weighted by atomic mass is 9.95. The Hall–Kier alpha value is 0. The molecule has 0 nitrogen and oxygen atoms in total. The van der Waals surface area contributed by atoms with Crippen LogP contribution in [0.15, 0.2) is 0 Å². The lowest BCUT2D eigenvalue weighted by Gasteiger charge is -2.11. The molecule has 0 saturated heterocycles. The van der Waals surface area contributed by atoms with Crippen LogP contribution in [-0.2, 0) is 0 Å². The molecule has 0 aromatic heterocycles. The summed E-state index contributed by atoms with van der Waals surface area (Å²) < 4.78 is 0. The quantitative estimate of drug-likeness (QED) is 0.0874. The zero-order valence-corrected chi connectivity index (χ0v) is 25.7. The Morgan fingerprint density at radius 1 is 0.257 bits per heavy atom. The van der Waals surface area contributed by atoms with Crippen LogP contribution in [0, 0.1) is 11.8 Å². The SMILES string of the molecule is CCCCCCCCCCCCC(C)CCCCCCCCCCCCCC(C)CCCCCC. The van der Waals surface area contributed by atoms with Crippen LogP contribution in [0.1, 0.15) is 214 Å². The van der Waals surface area contributed by atoms with Crippen molar-refractivity contribution in [1.82, 2.24) is 0 Å². The van der Waals surface area contributed by atoms with Gasteiger partial charge in [-0.15, -0.1) is 0 Å². The van der Waals surface area contributed by atoms with Crippen LogP contribution in [0.5, 0.6) is 0 Å². The highest BCUT2D eigenvalue weighted by Gasteiger charge is 2.03. The fourth-order valence-corrected chi connectivity index (χ4v) is 5.77. The highest BCUT2D eigenvalue weighted by Crippen LogP contribution is 2.20. The third-order valence-corrected chi connectivity index (χ3v) is 8.49. The molecule has 2 unspecified atom stereocenters. The molecule has 0 aromatic carbocycles. The molecule has 0 saturated carbocycles. The molecule has 0 aliphatic heterocycles. The smallest absolute Gasteiger partial charge is 0.0443 e. The summed E-state index contributed by atoms with van der Waals surface area (Å²) >= 11 is 0. The second kappa shape index (κ2) is 30.2. The van der Waals surface area contributed by atoms with Crippen molar-refractivity contribution in [2.45, 2.75) is 214 Å². The Balaban J connectivity index is 3.19. The molecule has 0 radical (unpaired) electrons. The Bertz CT molecular complexity index is 359. The minimum absolute atomic E-state index is 0.966. The summed E-state index contributed by atoms with van der Waals surface area (Å²) in [5, 5.41) is 0. The zero-order chi connectivity index (χ0) is 25.7. The van der Waals surface area contributed by atoms with Gasteiger partial charge in [0.15, 0.2) is 0 Å². The Kier molecular flexibility index (Phi) is 30.2. The number of hydrogen-bond acceptors (Lipinski definition) is 0. The van der Waals surface area contributed by atoms with Crippen LogP contribution in [0.3, 0.4) is 0 Å². The lowest BCUT2D eigenvalue weighted by Crippen LogP contribution is -1.95. The molecule has 0 bridgehead atoms. The first-order valence-electron chi connectivity index (χ1n) is 17.2. The van der Waals surface area contributed by atoms with Crippen molar-refractivity contribution in [3.8, 4) is 0 Å². The van der Waals surface area contributed by atoms with Gasteiger partial charge in [0.05, 0.1) is 0 Å². The fraction of sp³-hybridized carbons (Fsp3) is 1.00. The van der Waals surface area contributed by atoms with Gasteiger partial charge in [-0.25, -0.2) is 0 Å². The first-order chi connectivity index (χ1) is 17.2. The molecule has 0 N–H and O–H groups in total. The summed E-state index contributed by atoms with van der Waals surface area (Å²) in [6.45, 7) is 9.60. The lowest BCUT2D eigenvalue weighted by molar-refractivity contribution is 0.428. The predicted molar refractivity (Wildman–Crippen MR) is 164 cm³/mol. The molecule has 0 fully saturated rings. The standard InChI is InChI=1S/C35H72/c1-5-7-9-11-12-13-17-20-23-28-32-35(4)33-29-25-22-19-16-14-15-18-21-24-27-31-34(3)30-26-10-8-6-2/h34-35H,5-33H2,1-4H3. The summed E-state index contributed by atoms with van der Waals surface area (Å²) in [6.07, 6.45) is 42.6. The molecule has 35 heavy (non-hydrogen) atoms. The van der Waals surface area contributed by atoms with Crippen LogP contribution in [0.4, 0.5) is 0 Å². The van der Waals surface area contributed by atoms with Crippen LogP contribution in [-0.4, -0.2) is 0 Å². The molecule has 0 amide bonds. The molecular weight excluding hydrogens is 420 g/mol. The number of hydrogen-bond donors (Lipinski definition) is 0. The van der Waals surface area contributed by atoms with Crippen molar-refractivity contribution in [2.24, 2.45) is 11.8 Å². The van der Waals surface area contributed by atoms with Gasteiger partial charge in [-0.2, -0.15) is 0 Å². The summed E-state index contributed by atoms with van der Waals surface area (Å²) in [5.41, 5.74) is 0. The molecule has 0 spiro atoms. The maximum absolute atomic E-state index is 2.50. The van der Waals surface area contributed by atoms with Gasteiger partial charge in [0.2, 0.25) is 0 Å². The third kappa shape index (κ3) is 30.1. The Morgan fingerprint density at radius 3 is 0.657 bits per heavy atom. The van der Waals surface area contributed by atoms with Crippen LogP contribution >= 0.6 is 0 Å². The normalized spacial score (nSPS) is 13.4. The van der Waals surface area contributed by atoms with Gasteiger partial charge in [0, 0.05) is 0 Å². The number of rotatable bonds is 30. The highest BCUT2D eigenvalue weighted by molar-refractivity contribution is 4.57. The number of unbranched alkanes of at least 4 members (excludes halogenated alkanes) is 22. The first kappa shape index (κ1) is 35.0. The largest absolute Gasteiger partial charge is 0.0654 e. The van der Waals surface area contributed by atoms with Gasteiger partial charge >= 0.3 is 0 Å². The van der Waals surface area contributed by atoms with Crippen molar-refractivity contribution in [3.63, 3.8) is 0 Å². The molecular formula is C35H72. The van der Waals surface area contributed by atoms with E-state index in [4.69, 9.17) is 0 Å². The predicted octanol–water partition coefficient (Wildman–Crippen LogP) is 13.6. The van der Waals surface area contributed by atoms with Gasteiger partial charge in [-0.3, -0.25) is 0 Å². The molecule has 0 aliphatic rings. The van der Waals surface area contributed by atoms with Crippen molar-refractivity contribution >= 4 is 0 Å². The molecule has 0 rings (SSSR count). The van der Waals surface area contributed by atoms with Crippen molar-refractivity contribution < 1.29 is 0 Å². The molecule has 0 heteroatoms. The second-order valence-electron chi connectivity index (χ2n) is 12.5. The van der Waals surface area contributed by atoms with E-state index in [9.17, 15) is 0 Å². The topological polar surface area (TPSA) is 0 Å². The molecule has 0 aliphatic carbocycles. The minimum Gasteiger partial charge on any atom is -0.0654 e. The first-order valence-corrected chi connectivity index (χ1v) is 17.2. The summed E-state index contributed by atoms with van der Waals surface area (Å²) in [4.78, 5) is 0. The maximum Gasteiger partial charge on any atom is -0.0443 e. The van der Waals surface area contributed by atoms with Gasteiger partial charge in [-0.1, -0.05) is 214 Å². The summed E-state index contributed by atoms with van der Waals surface area (Å²) in [5.74, 6) is 1.93. The van der Waals surface area contributed by atoms with E-state index in [1.54, 1.807) is 0 Å². The molecule has 212 valence electrons. The van der Waals surface area contributed by atoms with Gasteiger partial charge < -0.3 is 0 Å². The zero-order valence-electron chi connectivity index (χ0n) is 25.7. The average molecular weight is 493 g/mol. The van der Waals surface area contributed by atoms with E-state index >= 15 is 0 Å². The van der Waals surface area contributed by atoms with Gasteiger partial charge in [-0.05, 0) is 11.8 Å². The second-order valence-corrected chi connectivity index (χ2v) is 12.5. The van der Waals surface area contributed by atoms with E-state index < -0.39 is 0 Å². The van der Waals surface area contributed by atoms with E-state index in [2.05, 4.69) is 27.7 Å². The van der Waals surface area contributed by atoms with Crippen LogP contribution < -0.4 is 0 Å². The monoisotopic (exact) mass is 493 g/mol.